The Labute approximate surface area is 135 Å². The number of carbonyl (C=O) groups is 3. The number of hydrogen-bond acceptors (Lipinski definition) is 3. The highest BCUT2D eigenvalue weighted by atomic mass is 16.2. The van der Waals surface area contributed by atoms with Crippen molar-refractivity contribution in [2.75, 3.05) is 5.32 Å². The summed E-state index contributed by atoms with van der Waals surface area (Å²) in [6, 6.07) is 9.24. The molecule has 2 bridgehead atoms. The average molecular weight is 314 g/mol. The Kier molecular flexibility index (Phi) is 3.36. The third-order valence-electron chi connectivity index (χ3n) is 5.24. The van der Waals surface area contributed by atoms with E-state index >= 15 is 0 Å². The van der Waals surface area contributed by atoms with Gasteiger partial charge >= 0.3 is 0 Å². The Hall–Kier alpha value is -2.17. The van der Waals surface area contributed by atoms with E-state index in [2.05, 4.69) is 10.6 Å². The van der Waals surface area contributed by atoms with E-state index < -0.39 is 16.2 Å². The zero-order valence-electron chi connectivity index (χ0n) is 13.7. The van der Waals surface area contributed by atoms with E-state index in [4.69, 9.17) is 0 Å². The van der Waals surface area contributed by atoms with Crippen LogP contribution >= 0.6 is 0 Å². The first-order valence-electron chi connectivity index (χ1n) is 7.89. The predicted molar refractivity (Wildman–Crippen MR) is 86.4 cm³/mol. The Morgan fingerprint density at radius 3 is 2.00 bits per heavy atom. The second kappa shape index (κ2) is 4.91. The minimum absolute atomic E-state index is 0.136. The number of amides is 3. The number of imide groups is 1. The van der Waals surface area contributed by atoms with Gasteiger partial charge in [0.2, 0.25) is 17.7 Å². The molecule has 0 aromatic heterocycles. The molecule has 2 N–H and O–H groups in total. The van der Waals surface area contributed by atoms with Crippen molar-refractivity contribution in [3.63, 3.8) is 0 Å². The summed E-state index contributed by atoms with van der Waals surface area (Å²) in [5.41, 5.74) is -1.42. The number of hydrogen-bond donors (Lipinski definition) is 2. The third-order valence-corrected chi connectivity index (χ3v) is 5.24. The number of fused-ring (bicyclic) bond motifs is 2. The van der Waals surface area contributed by atoms with Crippen molar-refractivity contribution in [2.45, 2.75) is 40.0 Å². The first-order chi connectivity index (χ1) is 10.7. The number of anilines is 1. The van der Waals surface area contributed by atoms with Crippen LogP contribution in [0.1, 0.15) is 40.0 Å². The van der Waals surface area contributed by atoms with Gasteiger partial charge in [0.15, 0.2) is 0 Å². The second-order valence-electron chi connectivity index (χ2n) is 7.82. The smallest absolute Gasteiger partial charge is 0.232 e. The summed E-state index contributed by atoms with van der Waals surface area (Å²) in [5, 5.41) is 5.40. The molecule has 0 radical (unpaired) electrons. The maximum Gasteiger partial charge on any atom is 0.232 e. The summed E-state index contributed by atoms with van der Waals surface area (Å²) < 4.78 is 0. The molecule has 5 heteroatoms. The highest BCUT2D eigenvalue weighted by Crippen LogP contribution is 2.56. The molecule has 3 rings (SSSR count). The number of benzene rings is 1. The molecule has 2 atom stereocenters. The van der Waals surface area contributed by atoms with Crippen LogP contribution in [0.15, 0.2) is 30.3 Å². The van der Waals surface area contributed by atoms with Crippen molar-refractivity contribution >= 4 is 23.4 Å². The van der Waals surface area contributed by atoms with E-state index in [0.29, 0.717) is 19.3 Å². The van der Waals surface area contributed by atoms with E-state index in [1.54, 1.807) is 0 Å². The van der Waals surface area contributed by atoms with Crippen molar-refractivity contribution in [2.24, 2.45) is 16.2 Å². The number of rotatable bonds is 2. The van der Waals surface area contributed by atoms with Gasteiger partial charge in [-0.05, 0) is 31.4 Å². The molecule has 1 aromatic rings. The Morgan fingerprint density at radius 1 is 0.957 bits per heavy atom. The topological polar surface area (TPSA) is 75.3 Å². The van der Waals surface area contributed by atoms with Gasteiger partial charge in [0, 0.05) is 21.9 Å². The van der Waals surface area contributed by atoms with Crippen molar-refractivity contribution in [3.05, 3.63) is 30.3 Å². The maximum absolute atomic E-state index is 12.9. The summed E-state index contributed by atoms with van der Waals surface area (Å²) in [4.78, 5) is 37.4. The Bertz CT molecular complexity index is 657. The molecule has 0 spiro atoms. The van der Waals surface area contributed by atoms with E-state index in [9.17, 15) is 14.4 Å². The molecule has 2 aliphatic rings. The van der Waals surface area contributed by atoms with Gasteiger partial charge in [0.05, 0.1) is 0 Å². The molecular weight excluding hydrogens is 292 g/mol. The van der Waals surface area contributed by atoms with Crippen LogP contribution in [0, 0.1) is 16.2 Å². The first kappa shape index (κ1) is 15.7. The van der Waals surface area contributed by atoms with Crippen LogP contribution < -0.4 is 10.6 Å². The molecule has 1 aromatic carbocycles. The molecule has 5 nitrogen and oxygen atoms in total. The van der Waals surface area contributed by atoms with Gasteiger partial charge in [0.25, 0.3) is 0 Å². The molecule has 1 heterocycles. The highest BCUT2D eigenvalue weighted by Gasteiger charge is 2.60. The molecule has 2 unspecified atom stereocenters. The fourth-order valence-corrected chi connectivity index (χ4v) is 4.46. The minimum Gasteiger partial charge on any atom is -0.326 e. The lowest BCUT2D eigenvalue weighted by atomic mass is 9.52. The zero-order valence-corrected chi connectivity index (χ0v) is 13.7. The quantitative estimate of drug-likeness (QED) is 0.824. The van der Waals surface area contributed by atoms with Gasteiger partial charge in [-0.2, -0.15) is 0 Å². The van der Waals surface area contributed by atoms with Crippen LogP contribution in [0.4, 0.5) is 5.69 Å². The third kappa shape index (κ3) is 2.54. The lowest BCUT2D eigenvalue weighted by Gasteiger charge is -2.53. The van der Waals surface area contributed by atoms with Crippen LogP contribution in [0.3, 0.4) is 0 Å². The van der Waals surface area contributed by atoms with Gasteiger partial charge in [-0.3, -0.25) is 19.7 Å². The molecule has 2 fully saturated rings. The van der Waals surface area contributed by atoms with Crippen molar-refractivity contribution in [1.29, 1.82) is 0 Å². The van der Waals surface area contributed by atoms with Gasteiger partial charge in [-0.25, -0.2) is 0 Å². The summed E-state index contributed by atoms with van der Waals surface area (Å²) in [6.45, 7) is 5.55. The number of piperidine rings is 1. The van der Waals surface area contributed by atoms with E-state index in [0.717, 1.165) is 5.69 Å². The Morgan fingerprint density at radius 2 is 1.48 bits per heavy atom. The highest BCUT2D eigenvalue weighted by molar-refractivity contribution is 6.05. The van der Waals surface area contributed by atoms with E-state index in [1.807, 2.05) is 51.1 Å². The molecule has 122 valence electrons. The lowest BCUT2D eigenvalue weighted by molar-refractivity contribution is -0.163. The number of nitrogens with one attached hydrogen (secondary N) is 2. The summed E-state index contributed by atoms with van der Waals surface area (Å²) in [5.74, 6) is -0.667. The molecular formula is C18H22N2O3. The fraction of sp³-hybridized carbons (Fsp3) is 0.500. The molecule has 1 aliphatic carbocycles. The molecule has 23 heavy (non-hydrogen) atoms. The van der Waals surface area contributed by atoms with E-state index in [-0.39, 0.29) is 17.7 Å². The summed E-state index contributed by atoms with van der Waals surface area (Å²) in [6.07, 6.45) is 1.37. The van der Waals surface area contributed by atoms with Gasteiger partial charge in [-0.15, -0.1) is 0 Å². The summed E-state index contributed by atoms with van der Waals surface area (Å²) in [7, 11) is 0. The van der Waals surface area contributed by atoms with Gasteiger partial charge < -0.3 is 5.32 Å². The number of carbonyl (C=O) groups excluding carboxylic acids is 3. The SMILES string of the molecule is CC12CC(C)(CC(C)(C(=O)Nc3ccccc3)C1)C(=O)NC2=O. The molecule has 1 aliphatic heterocycles. The van der Waals surface area contributed by atoms with Crippen molar-refractivity contribution in [3.8, 4) is 0 Å². The molecule has 1 saturated heterocycles. The van der Waals surface area contributed by atoms with Crippen LogP contribution in [0.25, 0.3) is 0 Å². The average Bonchev–Trinajstić information content (AvgIpc) is 2.45. The maximum atomic E-state index is 12.9. The zero-order chi connectivity index (χ0) is 16.9. The molecule has 3 amide bonds. The Balaban J connectivity index is 1.91. The predicted octanol–water partition coefficient (Wildman–Crippen LogP) is 2.48. The number of para-hydroxylation sites is 1. The fourth-order valence-electron chi connectivity index (χ4n) is 4.46. The van der Waals surface area contributed by atoms with Crippen LogP contribution in [0.2, 0.25) is 0 Å². The van der Waals surface area contributed by atoms with Crippen LogP contribution in [-0.4, -0.2) is 17.7 Å². The second-order valence-corrected chi connectivity index (χ2v) is 7.82. The van der Waals surface area contributed by atoms with Crippen LogP contribution in [-0.2, 0) is 14.4 Å². The van der Waals surface area contributed by atoms with Crippen molar-refractivity contribution in [1.82, 2.24) is 5.32 Å². The minimum atomic E-state index is -0.759. The van der Waals surface area contributed by atoms with Gasteiger partial charge in [0.1, 0.15) is 0 Å². The van der Waals surface area contributed by atoms with E-state index in [1.165, 1.54) is 0 Å². The molecule has 1 saturated carbocycles. The van der Waals surface area contributed by atoms with Crippen molar-refractivity contribution < 1.29 is 14.4 Å². The lowest BCUT2D eigenvalue weighted by Crippen LogP contribution is -2.63. The van der Waals surface area contributed by atoms with Gasteiger partial charge in [-0.1, -0.05) is 39.0 Å². The normalized spacial score (nSPS) is 36.3. The largest absolute Gasteiger partial charge is 0.326 e. The first-order valence-corrected chi connectivity index (χ1v) is 7.89. The summed E-state index contributed by atoms with van der Waals surface area (Å²) >= 11 is 0. The monoisotopic (exact) mass is 314 g/mol. The standard InChI is InChI=1S/C18H22N2O3/c1-16(13(21)19-12-7-5-4-6-8-12)9-17(2)11-18(3,10-16)15(23)20-14(17)22/h4-8H,9-11H2,1-3H3,(H,19,21)(H,20,22,23). The van der Waals surface area contributed by atoms with Crippen LogP contribution in [0.5, 0.6) is 0 Å².